The quantitative estimate of drug-likeness (QED) is 0.888. The Morgan fingerprint density at radius 3 is 3.00 bits per heavy atom. The third-order valence-corrected chi connectivity index (χ3v) is 6.60. The Labute approximate surface area is 144 Å². The summed E-state index contributed by atoms with van der Waals surface area (Å²) in [5, 5.41) is 8.10. The van der Waals surface area contributed by atoms with E-state index in [0.29, 0.717) is 24.8 Å². The van der Waals surface area contributed by atoms with Gasteiger partial charge in [0.25, 0.3) is 0 Å². The lowest BCUT2D eigenvalue weighted by atomic mass is 9.58. The lowest BCUT2D eigenvalue weighted by Crippen LogP contribution is -2.53. The van der Waals surface area contributed by atoms with Gasteiger partial charge in [0.15, 0.2) is 5.82 Å². The minimum atomic E-state index is -0.535. The van der Waals surface area contributed by atoms with Crippen molar-refractivity contribution in [1.29, 1.82) is 0 Å². The Bertz CT molecular complexity index is 879. The number of aryl methyl sites for hydroxylation is 1. The van der Waals surface area contributed by atoms with Crippen LogP contribution in [0.2, 0.25) is 0 Å². The van der Waals surface area contributed by atoms with Crippen LogP contribution in [0.25, 0.3) is 0 Å². The van der Waals surface area contributed by atoms with Gasteiger partial charge in [-0.15, -0.1) is 0 Å². The molecule has 1 saturated heterocycles. The molecule has 4 atom stereocenters. The lowest BCUT2D eigenvalue weighted by Gasteiger charge is -2.47. The molecule has 4 fully saturated rings. The molecule has 8 heteroatoms. The first-order valence-electron chi connectivity index (χ1n) is 8.92. The van der Waals surface area contributed by atoms with Crippen LogP contribution in [-0.4, -0.2) is 43.8 Å². The second kappa shape index (κ2) is 5.06. The molecule has 0 spiro atoms. The largest absolute Gasteiger partial charge is 0.438 e. The molecule has 1 amide bonds. The zero-order valence-electron chi connectivity index (χ0n) is 14.1. The van der Waals surface area contributed by atoms with Gasteiger partial charge in [-0.2, -0.15) is 5.10 Å². The monoisotopic (exact) mass is 343 g/mol. The average molecular weight is 343 g/mol. The standard InChI is InChI=1S/C17H21N5O3/c1-21-12(3-6-18-21)17-5-2-10(8-17)13(17)15(23)22-7-4-11(9-22)14-19-16(24)25-20-14/h3,6,10-11,13H,2,4-5,7-9H2,1H3,(H,19,20,24)/t10-,11?,13+,17+/m0/s1. The van der Waals surface area contributed by atoms with Crippen LogP contribution in [-0.2, 0) is 17.3 Å². The van der Waals surface area contributed by atoms with Gasteiger partial charge in [0.1, 0.15) is 0 Å². The van der Waals surface area contributed by atoms with Gasteiger partial charge in [0.2, 0.25) is 5.91 Å². The zero-order valence-corrected chi connectivity index (χ0v) is 14.1. The Morgan fingerprint density at radius 2 is 2.32 bits per heavy atom. The van der Waals surface area contributed by atoms with Gasteiger partial charge in [-0.25, -0.2) is 4.79 Å². The highest BCUT2D eigenvalue weighted by molar-refractivity contribution is 5.83. The number of amides is 1. The van der Waals surface area contributed by atoms with E-state index in [2.05, 4.69) is 25.8 Å². The lowest BCUT2D eigenvalue weighted by molar-refractivity contribution is -0.143. The molecule has 8 nitrogen and oxygen atoms in total. The zero-order chi connectivity index (χ0) is 17.2. The SMILES string of the molecule is Cn1nccc1[C@@]12CC[C@@H](C1)[C@@H]2C(=O)N1CCC(c2noc(=O)[nH]2)C1. The van der Waals surface area contributed by atoms with Crippen molar-refractivity contribution in [2.24, 2.45) is 18.9 Å². The summed E-state index contributed by atoms with van der Waals surface area (Å²) < 4.78 is 6.53. The number of aromatic amines is 1. The van der Waals surface area contributed by atoms with E-state index in [0.717, 1.165) is 25.7 Å². The molecule has 0 radical (unpaired) electrons. The normalized spacial score (nSPS) is 33.6. The molecule has 0 aromatic carbocycles. The second-order valence-corrected chi connectivity index (χ2v) is 7.73. The number of hydrogen-bond donors (Lipinski definition) is 1. The smallest absolute Gasteiger partial charge is 0.342 e. The maximum absolute atomic E-state index is 13.3. The van der Waals surface area contributed by atoms with E-state index >= 15 is 0 Å². The fraction of sp³-hybridized carbons (Fsp3) is 0.647. The van der Waals surface area contributed by atoms with Crippen LogP contribution in [0.1, 0.15) is 43.1 Å². The predicted octanol–water partition coefficient (Wildman–Crippen LogP) is 0.780. The summed E-state index contributed by atoms with van der Waals surface area (Å²) in [6.07, 6.45) is 5.92. The topological polar surface area (TPSA) is 97.0 Å². The molecule has 132 valence electrons. The number of hydrogen-bond acceptors (Lipinski definition) is 5. The number of nitrogens with zero attached hydrogens (tertiary/aromatic N) is 4. The predicted molar refractivity (Wildman–Crippen MR) is 86.8 cm³/mol. The minimum absolute atomic E-state index is 0.0344. The summed E-state index contributed by atoms with van der Waals surface area (Å²) in [6.45, 7) is 1.31. The number of H-pyrrole nitrogens is 1. The van der Waals surface area contributed by atoms with Crippen molar-refractivity contribution in [2.75, 3.05) is 13.1 Å². The van der Waals surface area contributed by atoms with E-state index in [9.17, 15) is 9.59 Å². The van der Waals surface area contributed by atoms with Crippen LogP contribution in [0.3, 0.4) is 0 Å². The van der Waals surface area contributed by atoms with E-state index in [4.69, 9.17) is 0 Å². The number of carbonyl (C=O) groups is 1. The van der Waals surface area contributed by atoms with Crippen LogP contribution in [0, 0.1) is 11.8 Å². The molecule has 2 aromatic rings. The molecule has 3 heterocycles. The summed E-state index contributed by atoms with van der Waals surface area (Å²) in [4.78, 5) is 29.0. The van der Waals surface area contributed by atoms with E-state index in [1.54, 1.807) is 0 Å². The first-order chi connectivity index (χ1) is 12.1. The molecular formula is C17H21N5O3. The van der Waals surface area contributed by atoms with Crippen LogP contribution in [0.4, 0.5) is 0 Å². The van der Waals surface area contributed by atoms with Crippen LogP contribution >= 0.6 is 0 Å². The van der Waals surface area contributed by atoms with Crippen molar-refractivity contribution in [3.8, 4) is 0 Å². The van der Waals surface area contributed by atoms with Gasteiger partial charge in [-0.1, -0.05) is 5.16 Å². The van der Waals surface area contributed by atoms with Gasteiger partial charge < -0.3 is 4.90 Å². The molecule has 6 rings (SSSR count). The van der Waals surface area contributed by atoms with Gasteiger partial charge in [-0.3, -0.25) is 19.0 Å². The molecule has 2 bridgehead atoms. The van der Waals surface area contributed by atoms with E-state index in [1.807, 2.05) is 22.8 Å². The fourth-order valence-corrected chi connectivity index (χ4v) is 5.46. The average Bonchev–Trinajstić information content (AvgIpc) is 3.35. The Balaban J connectivity index is 1.37. The molecule has 3 saturated carbocycles. The van der Waals surface area contributed by atoms with Crippen molar-refractivity contribution in [2.45, 2.75) is 37.0 Å². The summed E-state index contributed by atoms with van der Waals surface area (Å²) in [5.41, 5.74) is 1.16. The third-order valence-electron chi connectivity index (χ3n) is 6.60. The Hall–Kier alpha value is -2.38. The molecular weight excluding hydrogens is 322 g/mol. The van der Waals surface area contributed by atoms with E-state index in [1.165, 1.54) is 5.69 Å². The van der Waals surface area contributed by atoms with Crippen molar-refractivity contribution < 1.29 is 9.32 Å². The van der Waals surface area contributed by atoms with E-state index < -0.39 is 5.76 Å². The number of nitrogens with one attached hydrogen (secondary N) is 1. The van der Waals surface area contributed by atoms with Crippen LogP contribution in [0.15, 0.2) is 21.6 Å². The Morgan fingerprint density at radius 1 is 1.44 bits per heavy atom. The molecule has 1 aliphatic heterocycles. The van der Waals surface area contributed by atoms with Gasteiger partial charge in [0.05, 0.1) is 5.92 Å². The maximum atomic E-state index is 13.3. The van der Waals surface area contributed by atoms with Crippen molar-refractivity contribution in [3.05, 3.63) is 34.3 Å². The summed E-state index contributed by atoms with van der Waals surface area (Å²) >= 11 is 0. The highest BCUT2D eigenvalue weighted by Gasteiger charge is 2.64. The van der Waals surface area contributed by atoms with Crippen molar-refractivity contribution >= 4 is 5.91 Å². The highest BCUT2D eigenvalue weighted by atomic mass is 16.5. The summed E-state index contributed by atoms with van der Waals surface area (Å²) in [5.74, 6) is 0.889. The van der Waals surface area contributed by atoms with Gasteiger partial charge in [0, 0.05) is 43.4 Å². The molecule has 1 unspecified atom stereocenters. The minimum Gasteiger partial charge on any atom is -0.342 e. The van der Waals surface area contributed by atoms with Gasteiger partial charge >= 0.3 is 5.76 Å². The number of rotatable bonds is 3. The molecule has 2 aromatic heterocycles. The molecule has 3 aliphatic carbocycles. The first-order valence-corrected chi connectivity index (χ1v) is 8.92. The number of fused-ring (bicyclic) bond motifs is 1. The van der Waals surface area contributed by atoms with Crippen molar-refractivity contribution in [1.82, 2.24) is 24.8 Å². The second-order valence-electron chi connectivity index (χ2n) is 7.73. The van der Waals surface area contributed by atoms with E-state index in [-0.39, 0.29) is 23.2 Å². The Kier molecular flexibility index (Phi) is 3.02. The van der Waals surface area contributed by atoms with Crippen LogP contribution in [0.5, 0.6) is 0 Å². The number of aromatic nitrogens is 4. The fourth-order valence-electron chi connectivity index (χ4n) is 5.46. The van der Waals surface area contributed by atoms with Gasteiger partial charge in [-0.05, 0) is 37.7 Å². The molecule has 25 heavy (non-hydrogen) atoms. The summed E-state index contributed by atoms with van der Waals surface area (Å²) in [6, 6.07) is 2.06. The van der Waals surface area contributed by atoms with Crippen LogP contribution < -0.4 is 5.76 Å². The van der Waals surface area contributed by atoms with Crippen molar-refractivity contribution in [3.63, 3.8) is 0 Å². The molecule has 4 aliphatic rings. The maximum Gasteiger partial charge on any atom is 0.438 e. The number of carbonyl (C=O) groups excluding carboxylic acids is 1. The highest BCUT2D eigenvalue weighted by Crippen LogP contribution is 2.64. The number of likely N-dealkylation sites (tertiary alicyclic amines) is 1. The summed E-state index contributed by atoms with van der Waals surface area (Å²) in [7, 11) is 1.96. The first kappa shape index (κ1) is 14.9. The third kappa shape index (κ3) is 1.99. The molecule has 1 N–H and O–H groups in total.